The van der Waals surface area contributed by atoms with Crippen LogP contribution in [0.1, 0.15) is 10.4 Å². The fourth-order valence-electron chi connectivity index (χ4n) is 1.86. The number of nitrogen functional groups attached to an aromatic ring is 1. The number of hydrogen-bond acceptors (Lipinski definition) is 4. The normalized spacial score (nSPS) is 10.1. The van der Waals surface area contributed by atoms with Gasteiger partial charge in [0.15, 0.2) is 5.75 Å². The maximum absolute atomic E-state index is 12.3. The first kappa shape index (κ1) is 14.3. The number of rotatable bonds is 4. The lowest BCUT2D eigenvalue weighted by molar-refractivity contribution is 0.102. The SMILES string of the molecule is COc1c(N)cccc1C(=O)Nc1cccc(SC)c1. The molecule has 0 fully saturated rings. The summed E-state index contributed by atoms with van der Waals surface area (Å²) in [5.41, 5.74) is 7.40. The van der Waals surface area contributed by atoms with Crippen molar-refractivity contribution in [2.24, 2.45) is 0 Å². The molecule has 0 radical (unpaired) electrons. The largest absolute Gasteiger partial charge is 0.494 e. The van der Waals surface area contributed by atoms with Crippen LogP contribution in [-0.4, -0.2) is 19.3 Å². The number of benzene rings is 2. The van der Waals surface area contributed by atoms with Crippen molar-refractivity contribution in [3.8, 4) is 5.75 Å². The number of thioether (sulfide) groups is 1. The second kappa shape index (κ2) is 6.34. The van der Waals surface area contributed by atoms with Crippen LogP contribution < -0.4 is 15.8 Å². The minimum absolute atomic E-state index is 0.243. The van der Waals surface area contributed by atoms with Gasteiger partial charge in [0.25, 0.3) is 5.91 Å². The summed E-state index contributed by atoms with van der Waals surface area (Å²) in [6.45, 7) is 0. The van der Waals surface area contributed by atoms with Crippen molar-refractivity contribution in [1.29, 1.82) is 0 Å². The molecule has 0 saturated heterocycles. The highest BCUT2D eigenvalue weighted by atomic mass is 32.2. The minimum Gasteiger partial charge on any atom is -0.494 e. The zero-order valence-electron chi connectivity index (χ0n) is 11.3. The summed E-state index contributed by atoms with van der Waals surface area (Å²) in [6, 6.07) is 12.8. The van der Waals surface area contributed by atoms with Gasteiger partial charge in [0, 0.05) is 10.6 Å². The molecule has 2 aromatic carbocycles. The van der Waals surface area contributed by atoms with E-state index in [9.17, 15) is 4.79 Å². The number of nitrogens with one attached hydrogen (secondary N) is 1. The predicted molar refractivity (Wildman–Crippen MR) is 83.6 cm³/mol. The highest BCUT2D eigenvalue weighted by molar-refractivity contribution is 7.98. The van der Waals surface area contributed by atoms with E-state index in [1.54, 1.807) is 30.0 Å². The monoisotopic (exact) mass is 288 g/mol. The Bertz CT molecular complexity index is 629. The maximum Gasteiger partial charge on any atom is 0.259 e. The first-order valence-corrected chi connectivity index (χ1v) is 7.26. The number of amides is 1. The smallest absolute Gasteiger partial charge is 0.259 e. The molecule has 0 bridgehead atoms. The molecule has 2 aromatic rings. The Morgan fingerprint density at radius 3 is 2.70 bits per heavy atom. The third-order valence-electron chi connectivity index (χ3n) is 2.82. The summed E-state index contributed by atoms with van der Waals surface area (Å²) in [6.07, 6.45) is 1.99. The van der Waals surface area contributed by atoms with Crippen LogP contribution in [0.2, 0.25) is 0 Å². The highest BCUT2D eigenvalue weighted by Gasteiger charge is 2.14. The quantitative estimate of drug-likeness (QED) is 0.669. The van der Waals surface area contributed by atoms with Crippen LogP contribution >= 0.6 is 11.8 Å². The van der Waals surface area contributed by atoms with Gasteiger partial charge in [-0.15, -0.1) is 11.8 Å². The summed E-state index contributed by atoms with van der Waals surface area (Å²) < 4.78 is 5.19. The van der Waals surface area contributed by atoms with E-state index in [0.29, 0.717) is 17.0 Å². The minimum atomic E-state index is -0.243. The average Bonchev–Trinajstić information content (AvgIpc) is 2.47. The number of hydrogen-bond donors (Lipinski definition) is 2. The molecule has 0 atom stereocenters. The Labute approximate surface area is 122 Å². The van der Waals surface area contributed by atoms with Crippen LogP contribution in [0.3, 0.4) is 0 Å². The van der Waals surface area contributed by atoms with Crippen LogP contribution in [-0.2, 0) is 0 Å². The summed E-state index contributed by atoms with van der Waals surface area (Å²) in [4.78, 5) is 13.4. The van der Waals surface area contributed by atoms with E-state index in [1.165, 1.54) is 7.11 Å². The molecular formula is C15H16N2O2S. The van der Waals surface area contributed by atoms with Crippen LogP contribution in [0.4, 0.5) is 11.4 Å². The number of nitrogens with two attached hydrogens (primary N) is 1. The molecule has 1 amide bonds. The molecule has 5 heteroatoms. The van der Waals surface area contributed by atoms with Crippen molar-refractivity contribution >= 4 is 29.0 Å². The lowest BCUT2D eigenvalue weighted by Gasteiger charge is -2.11. The van der Waals surface area contributed by atoms with Gasteiger partial charge in [0.2, 0.25) is 0 Å². The molecule has 3 N–H and O–H groups in total. The van der Waals surface area contributed by atoms with Crippen molar-refractivity contribution in [3.05, 3.63) is 48.0 Å². The van der Waals surface area contributed by atoms with Gasteiger partial charge in [0.1, 0.15) is 0 Å². The van der Waals surface area contributed by atoms with E-state index in [4.69, 9.17) is 10.5 Å². The van der Waals surface area contributed by atoms with Crippen LogP contribution in [0.5, 0.6) is 5.75 Å². The zero-order chi connectivity index (χ0) is 14.5. The highest BCUT2D eigenvalue weighted by Crippen LogP contribution is 2.27. The van der Waals surface area contributed by atoms with Gasteiger partial charge >= 0.3 is 0 Å². The molecule has 0 saturated carbocycles. The number of methoxy groups -OCH3 is 1. The molecule has 0 aliphatic heterocycles. The number of anilines is 2. The van der Waals surface area contributed by atoms with Gasteiger partial charge in [-0.25, -0.2) is 0 Å². The van der Waals surface area contributed by atoms with E-state index in [-0.39, 0.29) is 5.91 Å². The predicted octanol–water partition coefficient (Wildman–Crippen LogP) is 3.25. The standard InChI is InChI=1S/C15H16N2O2S/c1-19-14-12(7-4-8-13(14)16)15(18)17-10-5-3-6-11(9-10)20-2/h3-9H,16H2,1-2H3,(H,17,18). The van der Waals surface area contributed by atoms with E-state index in [0.717, 1.165) is 10.6 Å². The van der Waals surface area contributed by atoms with Crippen molar-refractivity contribution in [3.63, 3.8) is 0 Å². The zero-order valence-corrected chi connectivity index (χ0v) is 12.2. The lowest BCUT2D eigenvalue weighted by atomic mass is 10.1. The Balaban J connectivity index is 2.26. The average molecular weight is 288 g/mol. The van der Waals surface area contributed by atoms with E-state index in [1.807, 2.05) is 30.5 Å². The van der Waals surface area contributed by atoms with Crippen LogP contribution in [0, 0.1) is 0 Å². The molecule has 0 aromatic heterocycles. The van der Waals surface area contributed by atoms with Gasteiger partial charge < -0.3 is 15.8 Å². The Hall–Kier alpha value is -2.14. The first-order valence-electron chi connectivity index (χ1n) is 6.03. The fourth-order valence-corrected chi connectivity index (χ4v) is 2.32. The van der Waals surface area contributed by atoms with Gasteiger partial charge in [0.05, 0.1) is 18.4 Å². The van der Waals surface area contributed by atoms with Gasteiger partial charge in [-0.1, -0.05) is 12.1 Å². The van der Waals surface area contributed by atoms with E-state index >= 15 is 0 Å². The molecule has 0 unspecified atom stereocenters. The second-order valence-electron chi connectivity index (χ2n) is 4.11. The molecule has 2 rings (SSSR count). The molecule has 0 aliphatic rings. The van der Waals surface area contributed by atoms with Crippen LogP contribution in [0.15, 0.2) is 47.4 Å². The van der Waals surface area contributed by atoms with Gasteiger partial charge in [-0.3, -0.25) is 4.79 Å². The van der Waals surface area contributed by atoms with Crippen molar-refractivity contribution in [2.45, 2.75) is 4.90 Å². The third-order valence-corrected chi connectivity index (χ3v) is 3.55. The van der Waals surface area contributed by atoms with Gasteiger partial charge in [-0.05, 0) is 36.6 Å². The number of carbonyl (C=O) groups excluding carboxylic acids is 1. The molecule has 0 aliphatic carbocycles. The Morgan fingerprint density at radius 2 is 2.00 bits per heavy atom. The molecule has 0 heterocycles. The Kier molecular flexibility index (Phi) is 4.53. The maximum atomic E-state index is 12.3. The topological polar surface area (TPSA) is 64.3 Å². The summed E-state index contributed by atoms with van der Waals surface area (Å²) >= 11 is 1.62. The molecule has 4 nitrogen and oxygen atoms in total. The lowest BCUT2D eigenvalue weighted by Crippen LogP contribution is -2.14. The number of carbonyl (C=O) groups is 1. The Morgan fingerprint density at radius 1 is 1.25 bits per heavy atom. The number of ether oxygens (including phenoxy) is 1. The molecule has 104 valence electrons. The summed E-state index contributed by atoms with van der Waals surface area (Å²) in [7, 11) is 1.50. The third kappa shape index (κ3) is 3.05. The second-order valence-corrected chi connectivity index (χ2v) is 4.99. The van der Waals surface area contributed by atoms with Crippen LogP contribution in [0.25, 0.3) is 0 Å². The molecular weight excluding hydrogens is 272 g/mol. The molecule has 20 heavy (non-hydrogen) atoms. The number of para-hydroxylation sites is 1. The van der Waals surface area contributed by atoms with Crippen molar-refractivity contribution in [1.82, 2.24) is 0 Å². The fraction of sp³-hybridized carbons (Fsp3) is 0.133. The summed E-state index contributed by atoms with van der Waals surface area (Å²) in [5, 5.41) is 2.85. The van der Waals surface area contributed by atoms with E-state index in [2.05, 4.69) is 5.32 Å². The first-order chi connectivity index (χ1) is 9.65. The van der Waals surface area contributed by atoms with E-state index < -0.39 is 0 Å². The summed E-state index contributed by atoms with van der Waals surface area (Å²) in [5.74, 6) is 0.151. The van der Waals surface area contributed by atoms with Crippen molar-refractivity contribution in [2.75, 3.05) is 24.4 Å². The van der Waals surface area contributed by atoms with Gasteiger partial charge in [-0.2, -0.15) is 0 Å². The van der Waals surface area contributed by atoms with Crippen molar-refractivity contribution < 1.29 is 9.53 Å². The molecule has 0 spiro atoms.